The van der Waals surface area contributed by atoms with E-state index in [9.17, 15) is 9.59 Å². The Morgan fingerprint density at radius 3 is 2.44 bits per heavy atom. The first-order chi connectivity index (χ1) is 16.8. The molecule has 6 nitrogen and oxygen atoms in total. The first-order valence-corrected chi connectivity index (χ1v) is 15.6. The topological polar surface area (TPSA) is 65.1 Å². The first-order valence-electron chi connectivity index (χ1n) is 12.3. The number of nitrogens with zero attached hydrogens (tertiary/aromatic N) is 1. The van der Waals surface area contributed by atoms with Gasteiger partial charge in [0.2, 0.25) is 5.91 Å². The van der Waals surface area contributed by atoms with Gasteiger partial charge >= 0.3 is 5.97 Å². The highest BCUT2D eigenvalue weighted by Gasteiger charge is 2.41. The van der Waals surface area contributed by atoms with Crippen molar-refractivity contribution in [1.82, 2.24) is 4.90 Å². The summed E-state index contributed by atoms with van der Waals surface area (Å²) in [5, 5.41) is 0.557. The Balaban J connectivity index is 2.00. The monoisotopic (exact) mass is 531 g/mol. The Morgan fingerprint density at radius 2 is 1.83 bits per heavy atom. The van der Waals surface area contributed by atoms with Gasteiger partial charge in [0.15, 0.2) is 8.32 Å². The number of methoxy groups -OCH3 is 2. The highest BCUT2D eigenvalue weighted by molar-refractivity contribution is 6.74. The fourth-order valence-corrected chi connectivity index (χ4v) is 5.70. The van der Waals surface area contributed by atoms with E-state index < -0.39 is 8.32 Å². The van der Waals surface area contributed by atoms with Crippen molar-refractivity contribution in [2.24, 2.45) is 0 Å². The number of carbonyl (C=O) groups is 2. The largest absolute Gasteiger partial charge is 0.497 e. The van der Waals surface area contributed by atoms with Crippen LogP contribution in [0.3, 0.4) is 0 Å². The van der Waals surface area contributed by atoms with Crippen molar-refractivity contribution in [2.45, 2.75) is 70.8 Å². The molecule has 1 aliphatic rings. The van der Waals surface area contributed by atoms with E-state index in [1.54, 1.807) is 31.4 Å². The molecule has 1 heterocycles. The molecule has 0 aromatic heterocycles. The van der Waals surface area contributed by atoms with Gasteiger partial charge in [-0.2, -0.15) is 0 Å². The molecule has 2 aromatic carbocycles. The Kier molecular flexibility index (Phi) is 8.58. The Hall–Kier alpha value is -2.35. The molecule has 0 unspecified atom stereocenters. The number of rotatable bonds is 7. The number of carbonyl (C=O) groups excluding carboxylic acids is 2. The predicted octanol–water partition coefficient (Wildman–Crippen LogP) is 6.21. The summed E-state index contributed by atoms with van der Waals surface area (Å²) in [4.78, 5) is 28.3. The van der Waals surface area contributed by atoms with Crippen LogP contribution in [0.5, 0.6) is 5.75 Å². The van der Waals surface area contributed by atoms with Gasteiger partial charge in [-0.15, -0.1) is 0 Å². The van der Waals surface area contributed by atoms with Crippen LogP contribution in [0.1, 0.15) is 60.8 Å². The molecule has 0 bridgehead atoms. The standard InChI is InChI=1S/C28H38ClNO5Si/c1-18-22-10-9-11-23(27(32)34-6)24(22)16-20(17-35-36(7,8)28(2,3)4)30(18)26(31)15-19-14-21(33-5)12-13-25(19)29/h9-14,18,20H,15-17H2,1-8H3/t18-,20+/m0/s1. The third-order valence-corrected chi connectivity index (χ3v) is 12.5. The lowest BCUT2D eigenvalue weighted by atomic mass is 9.85. The predicted molar refractivity (Wildman–Crippen MR) is 145 cm³/mol. The van der Waals surface area contributed by atoms with Crippen LogP contribution in [-0.4, -0.2) is 52.0 Å². The fourth-order valence-electron chi connectivity index (χ4n) is 4.47. The molecule has 0 fully saturated rings. The summed E-state index contributed by atoms with van der Waals surface area (Å²) in [7, 11) is 0.906. The van der Waals surface area contributed by atoms with Gasteiger partial charge in [0.05, 0.1) is 44.9 Å². The van der Waals surface area contributed by atoms with Crippen molar-refractivity contribution in [1.29, 1.82) is 0 Å². The lowest BCUT2D eigenvalue weighted by Crippen LogP contribution is -2.52. The molecule has 1 aliphatic heterocycles. The van der Waals surface area contributed by atoms with Crippen LogP contribution in [-0.2, 0) is 26.8 Å². The summed E-state index contributed by atoms with van der Waals surface area (Å²) in [6, 6.07) is 10.5. The van der Waals surface area contributed by atoms with E-state index in [0.29, 0.717) is 34.9 Å². The van der Waals surface area contributed by atoms with Gasteiger partial charge < -0.3 is 18.8 Å². The molecule has 0 spiro atoms. The van der Waals surface area contributed by atoms with Crippen molar-refractivity contribution >= 4 is 31.8 Å². The van der Waals surface area contributed by atoms with Crippen LogP contribution in [0.4, 0.5) is 0 Å². The van der Waals surface area contributed by atoms with Gasteiger partial charge in [-0.05, 0) is 72.4 Å². The molecule has 36 heavy (non-hydrogen) atoms. The fraction of sp³-hybridized carbons (Fsp3) is 0.500. The molecule has 3 rings (SSSR count). The average Bonchev–Trinajstić information content (AvgIpc) is 2.82. The third-order valence-electron chi connectivity index (χ3n) is 7.64. The van der Waals surface area contributed by atoms with Gasteiger partial charge in [-0.1, -0.05) is 44.5 Å². The van der Waals surface area contributed by atoms with Crippen LogP contribution in [0.25, 0.3) is 0 Å². The second kappa shape index (κ2) is 10.9. The highest BCUT2D eigenvalue weighted by atomic mass is 35.5. The molecule has 2 atom stereocenters. The highest BCUT2D eigenvalue weighted by Crippen LogP contribution is 2.39. The summed E-state index contributed by atoms with van der Waals surface area (Å²) in [6.45, 7) is 13.4. The van der Waals surface area contributed by atoms with E-state index in [0.717, 1.165) is 11.1 Å². The minimum absolute atomic E-state index is 0.0331. The van der Waals surface area contributed by atoms with E-state index >= 15 is 0 Å². The summed E-state index contributed by atoms with van der Waals surface area (Å²) in [5.74, 6) is 0.237. The van der Waals surface area contributed by atoms with Crippen molar-refractivity contribution < 1.29 is 23.5 Å². The molecule has 2 aromatic rings. The number of amides is 1. The number of hydrogen-bond acceptors (Lipinski definition) is 5. The minimum Gasteiger partial charge on any atom is -0.497 e. The van der Waals surface area contributed by atoms with Gasteiger partial charge in [0.1, 0.15) is 5.75 Å². The number of ether oxygens (including phenoxy) is 2. The van der Waals surface area contributed by atoms with E-state index in [2.05, 4.69) is 33.9 Å². The lowest BCUT2D eigenvalue weighted by Gasteiger charge is -2.44. The minimum atomic E-state index is -2.07. The normalized spacial score (nSPS) is 18.0. The Bertz CT molecular complexity index is 1130. The van der Waals surface area contributed by atoms with Crippen LogP contribution >= 0.6 is 11.6 Å². The second-order valence-corrected chi connectivity index (χ2v) is 16.1. The van der Waals surface area contributed by atoms with E-state index in [4.69, 9.17) is 25.5 Å². The maximum Gasteiger partial charge on any atom is 0.338 e. The summed E-state index contributed by atoms with van der Waals surface area (Å²) in [6.07, 6.45) is 0.653. The molecule has 0 saturated heterocycles. The first kappa shape index (κ1) is 28.2. The molecule has 1 amide bonds. The quantitative estimate of drug-likeness (QED) is 0.314. The molecule has 8 heteroatoms. The number of esters is 1. The Labute approximate surface area is 221 Å². The summed E-state index contributed by atoms with van der Waals surface area (Å²) in [5.41, 5.74) is 3.13. The smallest absolute Gasteiger partial charge is 0.338 e. The SMILES string of the molecule is COC(=O)c1cccc2c1C[C@H](CO[Si](C)(C)C(C)(C)C)N(C(=O)Cc1cc(OC)ccc1Cl)[C@H]2C. The summed E-state index contributed by atoms with van der Waals surface area (Å²) >= 11 is 6.44. The number of fused-ring (bicyclic) bond motifs is 1. The molecule has 0 N–H and O–H groups in total. The molecular formula is C28H38ClNO5Si. The van der Waals surface area contributed by atoms with Gasteiger partial charge in [0, 0.05) is 5.02 Å². The lowest BCUT2D eigenvalue weighted by molar-refractivity contribution is -0.137. The Morgan fingerprint density at radius 1 is 1.14 bits per heavy atom. The van der Waals surface area contributed by atoms with E-state index in [-0.39, 0.29) is 35.4 Å². The summed E-state index contributed by atoms with van der Waals surface area (Å²) < 4.78 is 17.0. The van der Waals surface area contributed by atoms with Crippen molar-refractivity contribution in [2.75, 3.05) is 20.8 Å². The average molecular weight is 532 g/mol. The number of halogens is 1. The molecule has 0 aliphatic carbocycles. The van der Waals surface area contributed by atoms with Gasteiger partial charge in [-0.25, -0.2) is 4.79 Å². The number of hydrogen-bond donors (Lipinski definition) is 0. The number of benzene rings is 2. The van der Waals surface area contributed by atoms with Gasteiger partial charge in [-0.3, -0.25) is 4.79 Å². The molecule has 196 valence electrons. The maximum absolute atomic E-state index is 13.8. The zero-order chi connectivity index (χ0) is 26.8. The third kappa shape index (κ3) is 5.79. The van der Waals surface area contributed by atoms with Crippen molar-refractivity contribution in [3.63, 3.8) is 0 Å². The van der Waals surface area contributed by atoms with Crippen molar-refractivity contribution in [3.8, 4) is 5.75 Å². The maximum atomic E-state index is 13.8. The van der Waals surface area contributed by atoms with E-state index in [1.807, 2.05) is 24.0 Å². The zero-order valence-corrected chi connectivity index (χ0v) is 24.4. The van der Waals surface area contributed by atoms with Crippen LogP contribution in [0, 0.1) is 0 Å². The van der Waals surface area contributed by atoms with E-state index in [1.165, 1.54) is 7.11 Å². The van der Waals surface area contributed by atoms with Gasteiger partial charge in [0.25, 0.3) is 0 Å². The second-order valence-electron chi connectivity index (χ2n) is 10.9. The van der Waals surface area contributed by atoms with Crippen molar-refractivity contribution in [3.05, 3.63) is 63.7 Å². The van der Waals surface area contributed by atoms with Crippen LogP contribution in [0.15, 0.2) is 36.4 Å². The molecular weight excluding hydrogens is 494 g/mol. The molecule has 0 radical (unpaired) electrons. The van der Waals surface area contributed by atoms with Crippen LogP contribution in [0.2, 0.25) is 23.2 Å². The molecule has 0 saturated carbocycles. The van der Waals surface area contributed by atoms with Crippen LogP contribution < -0.4 is 4.74 Å². The zero-order valence-electron chi connectivity index (χ0n) is 22.6.